The van der Waals surface area contributed by atoms with Crippen LogP contribution in [0.15, 0.2) is 53.0 Å². The molecule has 1 amide bonds. The molecule has 4 rings (SSSR count). The number of hydrogen-bond donors (Lipinski definition) is 1. The summed E-state index contributed by atoms with van der Waals surface area (Å²) >= 11 is 6.07. The Morgan fingerprint density at radius 1 is 1.07 bits per heavy atom. The van der Waals surface area contributed by atoms with Crippen molar-refractivity contribution in [2.45, 2.75) is 25.7 Å². The van der Waals surface area contributed by atoms with Crippen molar-refractivity contribution < 1.29 is 9.21 Å². The molecule has 6 heteroatoms. The monoisotopic (exact) mass is 379 g/mol. The molecule has 1 aromatic heterocycles. The zero-order valence-corrected chi connectivity index (χ0v) is 15.4. The Hall–Kier alpha value is -2.92. The number of nitrogens with one attached hydrogen (secondary N) is 1. The van der Waals surface area contributed by atoms with Crippen LogP contribution in [-0.2, 0) is 17.6 Å². The predicted molar refractivity (Wildman–Crippen MR) is 105 cm³/mol. The SMILES string of the molecule is O=C(/C=C/c1ccccc1Cl)Nc1nnc(-c2ccc3c(c2)CCCC3)o1. The summed E-state index contributed by atoms with van der Waals surface area (Å²) < 4.78 is 5.59. The lowest BCUT2D eigenvalue weighted by Crippen LogP contribution is -2.07. The van der Waals surface area contributed by atoms with Gasteiger partial charge < -0.3 is 4.42 Å². The number of carbonyl (C=O) groups is 1. The Bertz CT molecular complexity index is 1010. The van der Waals surface area contributed by atoms with Crippen molar-refractivity contribution in [3.05, 3.63) is 70.3 Å². The molecule has 0 fully saturated rings. The van der Waals surface area contributed by atoms with Crippen molar-refractivity contribution in [3.8, 4) is 11.5 Å². The van der Waals surface area contributed by atoms with Gasteiger partial charge in [-0.05, 0) is 66.6 Å². The van der Waals surface area contributed by atoms with E-state index in [0.717, 1.165) is 24.0 Å². The number of fused-ring (bicyclic) bond motifs is 1. The van der Waals surface area contributed by atoms with Crippen LogP contribution < -0.4 is 5.32 Å². The van der Waals surface area contributed by atoms with Gasteiger partial charge >= 0.3 is 6.01 Å². The summed E-state index contributed by atoms with van der Waals surface area (Å²) in [6.45, 7) is 0. The Kier molecular flexibility index (Phi) is 5.03. The number of benzene rings is 2. The van der Waals surface area contributed by atoms with E-state index in [1.807, 2.05) is 24.3 Å². The van der Waals surface area contributed by atoms with Gasteiger partial charge in [-0.15, -0.1) is 5.10 Å². The first-order valence-corrected chi connectivity index (χ1v) is 9.26. The third-order valence-electron chi connectivity index (χ3n) is 4.57. The average Bonchev–Trinajstić information content (AvgIpc) is 3.15. The van der Waals surface area contributed by atoms with E-state index in [1.165, 1.54) is 30.0 Å². The average molecular weight is 380 g/mol. The lowest BCUT2D eigenvalue weighted by Gasteiger charge is -2.15. The second kappa shape index (κ2) is 7.76. The first kappa shape index (κ1) is 17.5. The molecule has 0 unspecified atom stereocenters. The van der Waals surface area contributed by atoms with Crippen LogP contribution in [0.2, 0.25) is 5.02 Å². The molecule has 1 aliphatic rings. The molecule has 1 aliphatic carbocycles. The Balaban J connectivity index is 1.45. The molecule has 2 aromatic carbocycles. The Labute approximate surface area is 162 Å². The van der Waals surface area contributed by atoms with Gasteiger partial charge in [-0.2, -0.15) is 0 Å². The van der Waals surface area contributed by atoms with Crippen molar-refractivity contribution in [1.29, 1.82) is 0 Å². The number of aryl methyl sites for hydroxylation is 2. The summed E-state index contributed by atoms with van der Waals surface area (Å²) in [4.78, 5) is 12.1. The maximum absolute atomic E-state index is 12.1. The summed E-state index contributed by atoms with van der Waals surface area (Å²) in [5.74, 6) is 0.0318. The van der Waals surface area contributed by atoms with Crippen LogP contribution in [0.4, 0.5) is 6.01 Å². The van der Waals surface area contributed by atoms with E-state index in [9.17, 15) is 4.79 Å². The van der Waals surface area contributed by atoms with Gasteiger partial charge in [0.15, 0.2) is 0 Å². The highest BCUT2D eigenvalue weighted by atomic mass is 35.5. The Morgan fingerprint density at radius 2 is 1.89 bits per heavy atom. The highest BCUT2D eigenvalue weighted by Crippen LogP contribution is 2.27. The number of nitrogens with zero attached hydrogens (tertiary/aromatic N) is 2. The van der Waals surface area contributed by atoms with Gasteiger partial charge in [0.2, 0.25) is 5.89 Å². The quantitative estimate of drug-likeness (QED) is 0.653. The van der Waals surface area contributed by atoms with Crippen molar-refractivity contribution in [1.82, 2.24) is 10.2 Å². The highest BCUT2D eigenvalue weighted by molar-refractivity contribution is 6.32. The lowest BCUT2D eigenvalue weighted by atomic mass is 9.90. The Morgan fingerprint density at radius 3 is 2.74 bits per heavy atom. The molecular weight excluding hydrogens is 362 g/mol. The van der Waals surface area contributed by atoms with E-state index >= 15 is 0 Å². The second-order valence-electron chi connectivity index (χ2n) is 6.45. The van der Waals surface area contributed by atoms with Crippen LogP contribution >= 0.6 is 11.6 Å². The fourth-order valence-corrected chi connectivity index (χ4v) is 3.38. The van der Waals surface area contributed by atoms with E-state index in [1.54, 1.807) is 12.1 Å². The van der Waals surface area contributed by atoms with Crippen molar-refractivity contribution in [2.24, 2.45) is 0 Å². The third kappa shape index (κ3) is 4.09. The van der Waals surface area contributed by atoms with Crippen LogP contribution in [-0.4, -0.2) is 16.1 Å². The van der Waals surface area contributed by atoms with Crippen LogP contribution in [0.3, 0.4) is 0 Å². The van der Waals surface area contributed by atoms with E-state index in [4.69, 9.17) is 16.0 Å². The summed E-state index contributed by atoms with van der Waals surface area (Å²) in [5.41, 5.74) is 4.36. The largest absolute Gasteiger partial charge is 0.403 e. The molecule has 5 nitrogen and oxygen atoms in total. The van der Waals surface area contributed by atoms with E-state index in [-0.39, 0.29) is 11.9 Å². The molecule has 0 spiro atoms. The maximum atomic E-state index is 12.1. The molecule has 3 aromatic rings. The zero-order valence-electron chi connectivity index (χ0n) is 14.6. The molecular formula is C21H18ClN3O2. The fourth-order valence-electron chi connectivity index (χ4n) is 3.18. The number of anilines is 1. The summed E-state index contributed by atoms with van der Waals surface area (Å²) in [6.07, 6.45) is 7.67. The van der Waals surface area contributed by atoms with Gasteiger partial charge in [-0.25, -0.2) is 0 Å². The van der Waals surface area contributed by atoms with E-state index < -0.39 is 0 Å². The minimum absolute atomic E-state index is 0.0662. The first-order chi connectivity index (χ1) is 13.2. The standard InChI is InChI=1S/C21H18ClN3O2/c22-18-8-4-3-6-15(18)11-12-19(26)23-21-25-24-20(27-21)17-10-9-14-5-1-2-7-16(14)13-17/h3-4,6,8-13H,1-2,5,7H2,(H,23,25,26)/b12-11+. The second-order valence-corrected chi connectivity index (χ2v) is 6.85. The predicted octanol–water partition coefficient (Wildman–Crippen LogP) is 4.92. The van der Waals surface area contributed by atoms with Crippen molar-refractivity contribution >= 4 is 29.6 Å². The van der Waals surface area contributed by atoms with Crippen LogP contribution in [0.5, 0.6) is 0 Å². The maximum Gasteiger partial charge on any atom is 0.322 e. The normalized spacial score (nSPS) is 13.5. The van der Waals surface area contributed by atoms with Gasteiger partial charge in [0, 0.05) is 16.7 Å². The van der Waals surface area contributed by atoms with Crippen molar-refractivity contribution in [3.63, 3.8) is 0 Å². The van der Waals surface area contributed by atoms with Gasteiger partial charge in [0.25, 0.3) is 5.91 Å². The smallest absolute Gasteiger partial charge is 0.322 e. The van der Waals surface area contributed by atoms with E-state index in [2.05, 4.69) is 27.6 Å². The first-order valence-electron chi connectivity index (χ1n) is 8.88. The summed E-state index contributed by atoms with van der Waals surface area (Å²) in [7, 11) is 0. The van der Waals surface area contributed by atoms with Crippen molar-refractivity contribution in [2.75, 3.05) is 5.32 Å². The molecule has 1 N–H and O–H groups in total. The molecule has 0 radical (unpaired) electrons. The van der Waals surface area contributed by atoms with Gasteiger partial charge in [0.05, 0.1) is 0 Å². The minimum atomic E-state index is -0.365. The molecule has 0 atom stereocenters. The number of aromatic nitrogens is 2. The number of rotatable bonds is 4. The number of halogens is 1. The highest BCUT2D eigenvalue weighted by Gasteiger charge is 2.14. The van der Waals surface area contributed by atoms with Gasteiger partial charge in [-0.3, -0.25) is 10.1 Å². The van der Waals surface area contributed by atoms with Crippen LogP contribution in [0, 0.1) is 0 Å². The van der Waals surface area contributed by atoms with Gasteiger partial charge in [-0.1, -0.05) is 41.0 Å². The molecule has 0 aliphatic heterocycles. The molecule has 1 heterocycles. The van der Waals surface area contributed by atoms with E-state index in [0.29, 0.717) is 10.9 Å². The molecule has 0 saturated heterocycles. The lowest BCUT2D eigenvalue weighted by molar-refractivity contribution is -0.112. The number of hydrogen-bond acceptors (Lipinski definition) is 4. The van der Waals surface area contributed by atoms with Gasteiger partial charge in [0.1, 0.15) is 0 Å². The fraction of sp³-hybridized carbons (Fsp3) is 0.190. The topological polar surface area (TPSA) is 68.0 Å². The molecule has 27 heavy (non-hydrogen) atoms. The van der Waals surface area contributed by atoms with Crippen LogP contribution in [0.25, 0.3) is 17.5 Å². The minimum Gasteiger partial charge on any atom is -0.403 e. The third-order valence-corrected chi connectivity index (χ3v) is 4.91. The zero-order chi connectivity index (χ0) is 18.6. The molecule has 0 saturated carbocycles. The summed E-state index contributed by atoms with van der Waals surface area (Å²) in [6, 6.07) is 13.6. The number of amides is 1. The molecule has 0 bridgehead atoms. The molecule has 136 valence electrons. The number of carbonyl (C=O) groups excluding carboxylic acids is 1. The van der Waals surface area contributed by atoms with Crippen LogP contribution in [0.1, 0.15) is 29.5 Å². The summed E-state index contributed by atoms with van der Waals surface area (Å²) in [5, 5.41) is 11.1.